The van der Waals surface area contributed by atoms with Crippen LogP contribution in [0.2, 0.25) is 0 Å². The number of ketones is 1. The summed E-state index contributed by atoms with van der Waals surface area (Å²) < 4.78 is 32.8. The van der Waals surface area contributed by atoms with Gasteiger partial charge in [-0.3, -0.25) is 24.0 Å². The highest BCUT2D eigenvalue weighted by atomic mass is 16.7. The highest BCUT2D eigenvalue weighted by molar-refractivity contribution is 6.00. The van der Waals surface area contributed by atoms with Crippen LogP contribution in [-0.2, 0) is 49.3 Å². The van der Waals surface area contributed by atoms with Crippen LogP contribution >= 0.6 is 0 Å². The first kappa shape index (κ1) is 30.9. The van der Waals surface area contributed by atoms with E-state index in [2.05, 4.69) is 0 Å². The SMILES string of the molecule is CC(=O)OC[C@@H]1O[C@H](Oc2ccc(C(=O)Cc3ccc(O)cc3)c(O)c2)[C@H](OC(C)=O)[C@H](OC(C)=O)[C@@H]1OC(C)=O. The summed E-state index contributed by atoms with van der Waals surface area (Å²) in [6.07, 6.45) is -7.02. The quantitative estimate of drug-likeness (QED) is 0.239. The van der Waals surface area contributed by atoms with Gasteiger partial charge < -0.3 is 38.6 Å². The molecular formula is C28H30O13. The third-order valence-electron chi connectivity index (χ3n) is 5.77. The molecule has 5 atom stereocenters. The molecule has 0 bridgehead atoms. The standard InChI is InChI=1S/C28H30O13/c1-14(29)36-13-24-25(37-15(2)30)26(38-16(3)31)27(39-17(4)32)28(41-24)40-20-9-10-21(23(35)12-20)22(34)11-18-5-7-19(33)8-6-18/h5-10,12,24-28,33,35H,11,13H2,1-4H3/t24-,25+,26+,27+,28-/m0/s1. The van der Waals surface area contributed by atoms with Crippen molar-refractivity contribution in [2.45, 2.75) is 64.8 Å². The van der Waals surface area contributed by atoms with Crippen LogP contribution in [0, 0.1) is 0 Å². The monoisotopic (exact) mass is 574 g/mol. The maximum absolute atomic E-state index is 12.8. The van der Waals surface area contributed by atoms with E-state index in [1.165, 1.54) is 24.3 Å². The maximum atomic E-state index is 12.8. The molecule has 0 aromatic heterocycles. The molecule has 0 spiro atoms. The van der Waals surface area contributed by atoms with Gasteiger partial charge in [-0.2, -0.15) is 0 Å². The fraction of sp³-hybridized carbons (Fsp3) is 0.393. The molecule has 1 saturated heterocycles. The van der Waals surface area contributed by atoms with Crippen LogP contribution in [0.4, 0.5) is 0 Å². The molecule has 13 nitrogen and oxygen atoms in total. The highest BCUT2D eigenvalue weighted by Gasteiger charge is 2.53. The zero-order valence-corrected chi connectivity index (χ0v) is 22.7. The van der Waals surface area contributed by atoms with Crippen molar-refractivity contribution in [2.24, 2.45) is 0 Å². The fourth-order valence-electron chi connectivity index (χ4n) is 4.13. The molecular weight excluding hydrogens is 544 g/mol. The molecule has 1 aliphatic heterocycles. The number of aromatic hydroxyl groups is 2. The van der Waals surface area contributed by atoms with Gasteiger partial charge >= 0.3 is 23.9 Å². The first-order chi connectivity index (χ1) is 19.3. The Bertz CT molecular complexity index is 1290. The van der Waals surface area contributed by atoms with E-state index >= 15 is 0 Å². The summed E-state index contributed by atoms with van der Waals surface area (Å²) in [6, 6.07) is 9.84. The van der Waals surface area contributed by atoms with Gasteiger partial charge in [-0.05, 0) is 29.8 Å². The molecule has 1 heterocycles. The Balaban J connectivity index is 1.90. The lowest BCUT2D eigenvalue weighted by molar-refractivity contribution is -0.288. The van der Waals surface area contributed by atoms with Crippen molar-refractivity contribution in [3.63, 3.8) is 0 Å². The average Bonchev–Trinajstić information content (AvgIpc) is 2.87. The molecule has 13 heteroatoms. The minimum absolute atomic E-state index is 0.00744. The normalized spacial score (nSPS) is 21.7. The van der Waals surface area contributed by atoms with Gasteiger partial charge in [-0.25, -0.2) is 0 Å². The minimum atomic E-state index is -1.51. The molecule has 0 saturated carbocycles. The molecule has 3 rings (SSSR count). The van der Waals surface area contributed by atoms with Crippen LogP contribution in [-0.4, -0.2) is 77.2 Å². The van der Waals surface area contributed by atoms with Crippen molar-refractivity contribution in [2.75, 3.05) is 6.61 Å². The van der Waals surface area contributed by atoms with Crippen LogP contribution < -0.4 is 4.74 Å². The van der Waals surface area contributed by atoms with Crippen molar-refractivity contribution in [3.8, 4) is 17.2 Å². The van der Waals surface area contributed by atoms with Gasteiger partial charge in [0, 0.05) is 40.2 Å². The zero-order valence-electron chi connectivity index (χ0n) is 22.7. The molecule has 1 aliphatic rings. The van der Waals surface area contributed by atoms with Crippen LogP contribution in [0.25, 0.3) is 0 Å². The van der Waals surface area contributed by atoms with Gasteiger partial charge in [0.2, 0.25) is 12.4 Å². The van der Waals surface area contributed by atoms with Crippen molar-refractivity contribution >= 4 is 29.7 Å². The molecule has 0 aliphatic carbocycles. The Morgan fingerprint density at radius 3 is 1.90 bits per heavy atom. The predicted molar refractivity (Wildman–Crippen MR) is 137 cm³/mol. The Hall–Kier alpha value is -4.65. The third-order valence-corrected chi connectivity index (χ3v) is 5.77. The average molecular weight is 575 g/mol. The van der Waals surface area contributed by atoms with Crippen molar-refractivity contribution in [1.82, 2.24) is 0 Å². The number of rotatable bonds is 10. The summed E-state index contributed by atoms with van der Waals surface area (Å²) in [5.41, 5.74) is 0.608. The van der Waals surface area contributed by atoms with E-state index in [1.807, 2.05) is 0 Å². The Morgan fingerprint density at radius 2 is 1.34 bits per heavy atom. The van der Waals surface area contributed by atoms with E-state index in [-0.39, 0.29) is 23.5 Å². The van der Waals surface area contributed by atoms with Crippen LogP contribution in [0.1, 0.15) is 43.6 Å². The fourth-order valence-corrected chi connectivity index (χ4v) is 4.13. The van der Waals surface area contributed by atoms with Crippen molar-refractivity contribution in [3.05, 3.63) is 53.6 Å². The van der Waals surface area contributed by atoms with Gasteiger partial charge in [0.25, 0.3) is 0 Å². The van der Waals surface area contributed by atoms with Crippen LogP contribution in [0.5, 0.6) is 17.2 Å². The zero-order chi connectivity index (χ0) is 30.3. The second kappa shape index (κ2) is 13.6. The first-order valence-electron chi connectivity index (χ1n) is 12.4. The molecule has 2 aromatic carbocycles. The molecule has 2 N–H and O–H groups in total. The number of carbonyl (C=O) groups excluding carboxylic acids is 5. The molecule has 2 aromatic rings. The Kier molecular flexibility index (Phi) is 10.3. The van der Waals surface area contributed by atoms with E-state index in [4.69, 9.17) is 28.4 Å². The molecule has 1 fully saturated rings. The van der Waals surface area contributed by atoms with Crippen LogP contribution in [0.3, 0.4) is 0 Å². The van der Waals surface area contributed by atoms with Crippen molar-refractivity contribution < 1.29 is 62.6 Å². The second-order valence-electron chi connectivity index (χ2n) is 9.13. The lowest BCUT2D eigenvalue weighted by Crippen LogP contribution is -2.63. The van der Waals surface area contributed by atoms with Gasteiger partial charge in [-0.15, -0.1) is 0 Å². The Labute approximate surface area is 234 Å². The van der Waals surface area contributed by atoms with E-state index in [9.17, 15) is 34.2 Å². The van der Waals surface area contributed by atoms with E-state index in [1.54, 1.807) is 12.1 Å². The van der Waals surface area contributed by atoms with Crippen LogP contribution in [0.15, 0.2) is 42.5 Å². The summed E-state index contributed by atoms with van der Waals surface area (Å²) in [5.74, 6) is -3.85. The molecule has 0 radical (unpaired) electrons. The summed E-state index contributed by atoms with van der Waals surface area (Å²) in [7, 11) is 0. The summed E-state index contributed by atoms with van der Waals surface area (Å²) in [5, 5.41) is 20.0. The number of phenols is 2. The minimum Gasteiger partial charge on any atom is -0.508 e. The second-order valence-corrected chi connectivity index (χ2v) is 9.13. The van der Waals surface area contributed by atoms with Gasteiger partial charge in [0.1, 0.15) is 30.0 Å². The molecule has 220 valence electrons. The number of hydrogen-bond acceptors (Lipinski definition) is 13. The summed E-state index contributed by atoms with van der Waals surface area (Å²) in [6.45, 7) is 4.00. The lowest BCUT2D eigenvalue weighted by Gasteiger charge is -2.43. The smallest absolute Gasteiger partial charge is 0.303 e. The molecule has 0 amide bonds. The van der Waals surface area contributed by atoms with E-state index in [0.717, 1.165) is 33.8 Å². The van der Waals surface area contributed by atoms with Gasteiger partial charge in [-0.1, -0.05) is 12.1 Å². The van der Waals surface area contributed by atoms with E-state index in [0.29, 0.717) is 5.56 Å². The largest absolute Gasteiger partial charge is 0.508 e. The number of esters is 4. The number of benzene rings is 2. The molecule has 0 unspecified atom stereocenters. The summed E-state index contributed by atoms with van der Waals surface area (Å²) >= 11 is 0. The highest BCUT2D eigenvalue weighted by Crippen LogP contribution is 2.33. The van der Waals surface area contributed by atoms with Crippen molar-refractivity contribution in [1.29, 1.82) is 0 Å². The number of carbonyl (C=O) groups is 5. The Morgan fingerprint density at radius 1 is 0.756 bits per heavy atom. The topological polar surface area (TPSA) is 181 Å². The third kappa shape index (κ3) is 8.67. The number of ether oxygens (including phenoxy) is 6. The first-order valence-corrected chi connectivity index (χ1v) is 12.4. The summed E-state index contributed by atoms with van der Waals surface area (Å²) in [4.78, 5) is 60.0. The number of Topliss-reactive ketones (excluding diaryl/α,β-unsaturated/α-hetero) is 1. The van der Waals surface area contributed by atoms with Gasteiger partial charge in [0.15, 0.2) is 18.0 Å². The predicted octanol–water partition coefficient (Wildman–Crippen LogP) is 1.99. The number of hydrogen-bond donors (Lipinski definition) is 2. The molecule has 41 heavy (non-hydrogen) atoms. The maximum Gasteiger partial charge on any atom is 0.303 e. The van der Waals surface area contributed by atoms with Gasteiger partial charge in [0.05, 0.1) is 5.56 Å². The van der Waals surface area contributed by atoms with E-state index < -0.39 is 72.7 Å². The number of phenolic OH excluding ortho intramolecular Hbond substituents is 2. The lowest BCUT2D eigenvalue weighted by atomic mass is 9.98.